The van der Waals surface area contributed by atoms with E-state index in [9.17, 15) is 0 Å². The SMILES string of the molecule is C=CCc1c(-c2ccccc2)c2cc(N(c3ccccc3)c3ccccc3)ccc2c2ccc(N(c3ccccc3)c3ccccc3)cc12. The van der Waals surface area contributed by atoms with Crippen LogP contribution in [-0.4, -0.2) is 0 Å². The summed E-state index contributed by atoms with van der Waals surface area (Å²) in [5, 5.41) is 4.91. The fourth-order valence-corrected chi connectivity index (χ4v) is 7.06. The van der Waals surface area contributed by atoms with Crippen molar-refractivity contribution in [3.63, 3.8) is 0 Å². The van der Waals surface area contributed by atoms with Crippen molar-refractivity contribution in [2.75, 3.05) is 9.80 Å². The third-order valence-electron chi connectivity index (χ3n) is 9.18. The maximum absolute atomic E-state index is 4.24. The van der Waals surface area contributed by atoms with E-state index in [1.807, 2.05) is 6.08 Å². The molecule has 0 amide bonds. The van der Waals surface area contributed by atoms with Gasteiger partial charge in [-0.1, -0.05) is 121 Å². The first-order valence-corrected chi connectivity index (χ1v) is 16.8. The standard InChI is InChI=1S/C47H36N2/c1-2-18-44-45-33-40(48(36-21-10-4-11-22-36)37-23-12-5-13-24-37)29-31-42(45)43-32-30-41(34-46(43)47(44)35-19-8-3-9-20-35)49(38-25-14-6-15-26-38)39-27-16-7-17-28-39/h2-17,19-34H,1,18H2. The summed E-state index contributed by atoms with van der Waals surface area (Å²) in [6, 6.07) is 67.1. The molecule has 0 saturated carbocycles. The maximum atomic E-state index is 4.24. The number of benzene rings is 8. The molecule has 0 heterocycles. The number of nitrogens with zero attached hydrogens (tertiary/aromatic N) is 2. The van der Waals surface area contributed by atoms with E-state index in [2.05, 4.69) is 204 Å². The number of anilines is 6. The van der Waals surface area contributed by atoms with Crippen LogP contribution < -0.4 is 9.80 Å². The molecule has 8 rings (SSSR count). The Kier molecular flexibility index (Phi) is 8.19. The molecule has 2 heteroatoms. The quantitative estimate of drug-likeness (QED) is 0.116. The molecule has 0 aliphatic rings. The van der Waals surface area contributed by atoms with Gasteiger partial charge in [-0.15, -0.1) is 6.58 Å². The molecule has 0 fully saturated rings. The normalized spacial score (nSPS) is 11.0. The zero-order valence-corrected chi connectivity index (χ0v) is 27.3. The molecule has 49 heavy (non-hydrogen) atoms. The number of para-hydroxylation sites is 4. The second-order valence-electron chi connectivity index (χ2n) is 12.2. The summed E-state index contributed by atoms with van der Waals surface area (Å²) >= 11 is 0. The molecule has 2 nitrogen and oxygen atoms in total. The van der Waals surface area contributed by atoms with Crippen molar-refractivity contribution in [3.05, 3.63) is 206 Å². The van der Waals surface area contributed by atoms with Crippen molar-refractivity contribution in [3.8, 4) is 11.1 Å². The predicted molar refractivity (Wildman–Crippen MR) is 210 cm³/mol. The highest BCUT2D eigenvalue weighted by molar-refractivity contribution is 6.17. The van der Waals surface area contributed by atoms with Gasteiger partial charge in [-0.05, 0) is 117 Å². The summed E-state index contributed by atoms with van der Waals surface area (Å²) in [6.07, 6.45) is 2.78. The summed E-state index contributed by atoms with van der Waals surface area (Å²) < 4.78 is 0. The second-order valence-corrected chi connectivity index (χ2v) is 12.2. The lowest BCUT2D eigenvalue weighted by atomic mass is 9.86. The first-order valence-electron chi connectivity index (χ1n) is 16.8. The van der Waals surface area contributed by atoms with Gasteiger partial charge in [-0.3, -0.25) is 0 Å². The van der Waals surface area contributed by atoms with Crippen LogP contribution in [0.3, 0.4) is 0 Å². The summed E-state index contributed by atoms with van der Waals surface area (Å²) in [7, 11) is 0. The van der Waals surface area contributed by atoms with E-state index in [0.29, 0.717) is 0 Å². The molecular weight excluding hydrogens is 593 g/mol. The molecule has 0 spiro atoms. The minimum atomic E-state index is 0.738. The van der Waals surface area contributed by atoms with Crippen molar-refractivity contribution >= 4 is 55.7 Å². The van der Waals surface area contributed by atoms with E-state index in [0.717, 1.165) is 40.5 Å². The summed E-state index contributed by atoms with van der Waals surface area (Å²) in [4.78, 5) is 4.68. The number of allylic oxidation sites excluding steroid dienone is 1. The summed E-state index contributed by atoms with van der Waals surface area (Å²) in [6.45, 7) is 4.24. The van der Waals surface area contributed by atoms with Crippen LogP contribution in [0.15, 0.2) is 201 Å². The molecule has 0 aromatic heterocycles. The van der Waals surface area contributed by atoms with Crippen molar-refractivity contribution in [1.29, 1.82) is 0 Å². The lowest BCUT2D eigenvalue weighted by molar-refractivity contribution is 1.28. The molecule has 234 valence electrons. The zero-order valence-electron chi connectivity index (χ0n) is 27.3. The highest BCUT2D eigenvalue weighted by Gasteiger charge is 2.20. The molecule has 8 aromatic carbocycles. The van der Waals surface area contributed by atoms with Crippen LogP contribution in [0.4, 0.5) is 34.1 Å². The van der Waals surface area contributed by atoms with E-state index in [-0.39, 0.29) is 0 Å². The van der Waals surface area contributed by atoms with Gasteiger partial charge in [-0.2, -0.15) is 0 Å². The molecule has 0 N–H and O–H groups in total. The van der Waals surface area contributed by atoms with E-state index >= 15 is 0 Å². The van der Waals surface area contributed by atoms with E-state index in [1.165, 1.54) is 38.2 Å². The molecular formula is C47H36N2. The zero-order chi connectivity index (χ0) is 33.0. The van der Waals surface area contributed by atoms with Crippen molar-refractivity contribution in [1.82, 2.24) is 0 Å². The molecule has 0 saturated heterocycles. The fraction of sp³-hybridized carbons (Fsp3) is 0.0213. The van der Waals surface area contributed by atoms with Gasteiger partial charge in [0.1, 0.15) is 0 Å². The van der Waals surface area contributed by atoms with Gasteiger partial charge >= 0.3 is 0 Å². The Bertz CT molecular complexity index is 2270. The van der Waals surface area contributed by atoms with E-state index in [4.69, 9.17) is 0 Å². The van der Waals surface area contributed by atoms with Crippen LogP contribution in [-0.2, 0) is 6.42 Å². The molecule has 0 aliphatic carbocycles. The van der Waals surface area contributed by atoms with Gasteiger partial charge in [0.25, 0.3) is 0 Å². The number of rotatable bonds is 9. The first kappa shape index (κ1) is 30.0. The fourth-order valence-electron chi connectivity index (χ4n) is 7.06. The summed E-state index contributed by atoms with van der Waals surface area (Å²) in [5.41, 5.74) is 10.4. The van der Waals surface area contributed by atoms with Crippen molar-refractivity contribution in [2.24, 2.45) is 0 Å². The van der Waals surface area contributed by atoms with Crippen molar-refractivity contribution in [2.45, 2.75) is 6.42 Å². The Morgan fingerprint density at radius 1 is 0.367 bits per heavy atom. The van der Waals surface area contributed by atoms with Crippen LogP contribution in [0.2, 0.25) is 0 Å². The maximum Gasteiger partial charge on any atom is 0.0468 e. The lowest BCUT2D eigenvalue weighted by Crippen LogP contribution is -2.10. The molecule has 0 unspecified atom stereocenters. The Morgan fingerprint density at radius 3 is 1.14 bits per heavy atom. The number of hydrogen-bond donors (Lipinski definition) is 0. The first-order chi connectivity index (χ1) is 24.3. The second kappa shape index (κ2) is 13.4. The highest BCUT2D eigenvalue weighted by atomic mass is 15.1. The molecule has 0 radical (unpaired) electrons. The lowest BCUT2D eigenvalue weighted by Gasteiger charge is -2.28. The average molecular weight is 629 g/mol. The van der Waals surface area contributed by atoms with Gasteiger partial charge in [0.15, 0.2) is 0 Å². The van der Waals surface area contributed by atoms with Gasteiger partial charge in [0, 0.05) is 34.1 Å². The Morgan fingerprint density at radius 2 is 0.735 bits per heavy atom. The van der Waals surface area contributed by atoms with Gasteiger partial charge in [0.05, 0.1) is 0 Å². The van der Waals surface area contributed by atoms with Gasteiger partial charge in [-0.25, -0.2) is 0 Å². The molecule has 0 bridgehead atoms. The number of fused-ring (bicyclic) bond motifs is 3. The molecule has 0 atom stereocenters. The highest BCUT2D eigenvalue weighted by Crippen LogP contribution is 2.45. The van der Waals surface area contributed by atoms with E-state index in [1.54, 1.807) is 0 Å². The van der Waals surface area contributed by atoms with Crippen LogP contribution in [0.1, 0.15) is 5.56 Å². The third kappa shape index (κ3) is 5.75. The van der Waals surface area contributed by atoms with E-state index < -0.39 is 0 Å². The summed E-state index contributed by atoms with van der Waals surface area (Å²) in [5.74, 6) is 0. The van der Waals surface area contributed by atoms with Crippen molar-refractivity contribution < 1.29 is 0 Å². The molecule has 8 aromatic rings. The Balaban J connectivity index is 1.42. The molecule has 0 aliphatic heterocycles. The minimum Gasteiger partial charge on any atom is -0.310 e. The van der Waals surface area contributed by atoms with Crippen LogP contribution in [0.5, 0.6) is 0 Å². The average Bonchev–Trinajstić information content (AvgIpc) is 3.17. The van der Waals surface area contributed by atoms with Crippen LogP contribution in [0.25, 0.3) is 32.7 Å². The third-order valence-corrected chi connectivity index (χ3v) is 9.18. The topological polar surface area (TPSA) is 6.48 Å². The Labute approximate surface area is 288 Å². The predicted octanol–water partition coefficient (Wildman–Crippen LogP) is 13.3. The smallest absolute Gasteiger partial charge is 0.0468 e. The van der Waals surface area contributed by atoms with Crippen LogP contribution in [0, 0.1) is 0 Å². The van der Waals surface area contributed by atoms with Gasteiger partial charge < -0.3 is 9.80 Å². The van der Waals surface area contributed by atoms with Gasteiger partial charge in [0.2, 0.25) is 0 Å². The number of hydrogen-bond acceptors (Lipinski definition) is 2. The largest absolute Gasteiger partial charge is 0.310 e. The van der Waals surface area contributed by atoms with Crippen LogP contribution >= 0.6 is 0 Å². The monoisotopic (exact) mass is 628 g/mol. The minimum absolute atomic E-state index is 0.738. The Hall–Kier alpha value is -6.38.